The predicted octanol–water partition coefficient (Wildman–Crippen LogP) is 3.21. The van der Waals surface area contributed by atoms with Gasteiger partial charge in [0.1, 0.15) is 0 Å². The predicted molar refractivity (Wildman–Crippen MR) is 75.4 cm³/mol. The molecule has 4 heteroatoms. The SMILES string of the molecule is O=C1CCc2cc(Cl)c(Cc3ccccn3)cc2N1. The van der Waals surface area contributed by atoms with Crippen molar-refractivity contribution >= 4 is 23.2 Å². The maximum absolute atomic E-state index is 11.4. The molecule has 19 heavy (non-hydrogen) atoms. The average Bonchev–Trinajstić information content (AvgIpc) is 2.41. The summed E-state index contributed by atoms with van der Waals surface area (Å²) in [6.45, 7) is 0. The van der Waals surface area contributed by atoms with Crippen LogP contribution in [-0.2, 0) is 17.6 Å². The van der Waals surface area contributed by atoms with Crippen molar-refractivity contribution < 1.29 is 4.79 Å². The number of pyridine rings is 1. The fraction of sp³-hybridized carbons (Fsp3) is 0.200. The minimum atomic E-state index is 0.0682. The third kappa shape index (κ3) is 2.61. The van der Waals surface area contributed by atoms with Crippen LogP contribution in [0.5, 0.6) is 0 Å². The van der Waals surface area contributed by atoms with Gasteiger partial charge in [0.2, 0.25) is 5.91 Å². The highest BCUT2D eigenvalue weighted by molar-refractivity contribution is 6.31. The highest BCUT2D eigenvalue weighted by atomic mass is 35.5. The number of nitrogens with zero attached hydrogens (tertiary/aromatic N) is 1. The standard InChI is InChI=1S/C15H13ClN2O/c16-13-8-10-4-5-15(19)18-14(10)9-11(13)7-12-3-1-2-6-17-12/h1-3,6,8-9H,4-5,7H2,(H,18,19). The first kappa shape index (κ1) is 12.2. The lowest BCUT2D eigenvalue weighted by molar-refractivity contribution is -0.116. The van der Waals surface area contributed by atoms with Crippen LogP contribution < -0.4 is 5.32 Å². The quantitative estimate of drug-likeness (QED) is 0.912. The Morgan fingerprint density at radius 2 is 2.16 bits per heavy atom. The van der Waals surface area contributed by atoms with Crippen LogP contribution in [0.1, 0.15) is 23.2 Å². The van der Waals surface area contributed by atoms with Crippen molar-refractivity contribution in [2.75, 3.05) is 5.32 Å². The number of hydrogen-bond acceptors (Lipinski definition) is 2. The number of aryl methyl sites for hydroxylation is 1. The number of fused-ring (bicyclic) bond motifs is 1. The zero-order chi connectivity index (χ0) is 13.2. The Morgan fingerprint density at radius 3 is 2.95 bits per heavy atom. The molecule has 0 saturated carbocycles. The van der Waals surface area contributed by atoms with Gasteiger partial charge in [0, 0.05) is 35.4 Å². The van der Waals surface area contributed by atoms with Crippen molar-refractivity contribution in [2.45, 2.75) is 19.3 Å². The molecule has 0 fully saturated rings. The van der Waals surface area contributed by atoms with E-state index in [4.69, 9.17) is 11.6 Å². The van der Waals surface area contributed by atoms with Crippen LogP contribution in [0, 0.1) is 0 Å². The van der Waals surface area contributed by atoms with E-state index in [1.165, 1.54) is 0 Å². The number of nitrogens with one attached hydrogen (secondary N) is 1. The molecule has 0 saturated heterocycles. The number of carbonyl (C=O) groups excluding carboxylic acids is 1. The van der Waals surface area contributed by atoms with E-state index in [1.54, 1.807) is 6.20 Å². The minimum Gasteiger partial charge on any atom is -0.326 e. The summed E-state index contributed by atoms with van der Waals surface area (Å²) in [4.78, 5) is 15.7. The van der Waals surface area contributed by atoms with Gasteiger partial charge in [-0.1, -0.05) is 17.7 Å². The molecule has 1 aromatic carbocycles. The topological polar surface area (TPSA) is 42.0 Å². The molecule has 0 aliphatic carbocycles. The number of benzene rings is 1. The molecule has 1 amide bonds. The molecule has 3 nitrogen and oxygen atoms in total. The molecule has 96 valence electrons. The van der Waals surface area contributed by atoms with Gasteiger partial charge in [0.05, 0.1) is 0 Å². The van der Waals surface area contributed by atoms with Gasteiger partial charge in [0.15, 0.2) is 0 Å². The van der Waals surface area contributed by atoms with Crippen molar-refractivity contribution in [1.82, 2.24) is 4.98 Å². The monoisotopic (exact) mass is 272 g/mol. The van der Waals surface area contributed by atoms with Gasteiger partial charge in [-0.3, -0.25) is 9.78 Å². The van der Waals surface area contributed by atoms with E-state index >= 15 is 0 Å². The lowest BCUT2D eigenvalue weighted by atomic mass is 9.99. The van der Waals surface area contributed by atoms with Gasteiger partial charge in [-0.15, -0.1) is 0 Å². The van der Waals surface area contributed by atoms with Gasteiger partial charge in [-0.25, -0.2) is 0 Å². The highest BCUT2D eigenvalue weighted by Gasteiger charge is 2.17. The number of amides is 1. The van der Waals surface area contributed by atoms with Crippen LogP contribution >= 0.6 is 11.6 Å². The third-order valence-corrected chi connectivity index (χ3v) is 3.62. The van der Waals surface area contributed by atoms with E-state index in [0.717, 1.165) is 34.0 Å². The summed E-state index contributed by atoms with van der Waals surface area (Å²) in [6.07, 6.45) is 3.72. The van der Waals surface area contributed by atoms with Crippen molar-refractivity contribution in [3.8, 4) is 0 Å². The summed E-state index contributed by atoms with van der Waals surface area (Å²) in [5, 5.41) is 3.63. The number of rotatable bonds is 2. The Hall–Kier alpha value is -1.87. The van der Waals surface area contributed by atoms with E-state index < -0.39 is 0 Å². The molecule has 1 aliphatic rings. The number of hydrogen-bond donors (Lipinski definition) is 1. The molecule has 0 spiro atoms. The van der Waals surface area contributed by atoms with Crippen LogP contribution in [0.3, 0.4) is 0 Å². The van der Waals surface area contributed by atoms with E-state index in [-0.39, 0.29) is 5.91 Å². The maximum Gasteiger partial charge on any atom is 0.224 e. The largest absolute Gasteiger partial charge is 0.326 e. The van der Waals surface area contributed by atoms with Crippen molar-refractivity contribution in [3.05, 3.63) is 58.4 Å². The molecule has 1 aromatic heterocycles. The first-order valence-corrected chi connectivity index (χ1v) is 6.61. The second-order valence-electron chi connectivity index (χ2n) is 4.65. The smallest absolute Gasteiger partial charge is 0.224 e. The van der Waals surface area contributed by atoms with Gasteiger partial charge in [-0.05, 0) is 41.8 Å². The molecule has 1 N–H and O–H groups in total. The minimum absolute atomic E-state index is 0.0682. The van der Waals surface area contributed by atoms with Crippen molar-refractivity contribution in [1.29, 1.82) is 0 Å². The summed E-state index contributed by atoms with van der Waals surface area (Å²) in [6, 6.07) is 9.72. The van der Waals surface area contributed by atoms with Gasteiger partial charge in [-0.2, -0.15) is 0 Å². The number of carbonyl (C=O) groups is 1. The molecule has 1 aliphatic heterocycles. The molecular formula is C15H13ClN2O. The normalized spacial score (nSPS) is 13.8. The van der Waals surface area contributed by atoms with Crippen molar-refractivity contribution in [3.63, 3.8) is 0 Å². The fourth-order valence-corrected chi connectivity index (χ4v) is 2.53. The Balaban J connectivity index is 1.94. The highest BCUT2D eigenvalue weighted by Crippen LogP contribution is 2.30. The average molecular weight is 273 g/mol. The Kier molecular flexibility index (Phi) is 3.22. The van der Waals surface area contributed by atoms with Crippen LogP contribution in [-0.4, -0.2) is 10.9 Å². The summed E-state index contributed by atoms with van der Waals surface area (Å²) in [7, 11) is 0. The Bertz CT molecular complexity index is 626. The summed E-state index contributed by atoms with van der Waals surface area (Å²) >= 11 is 6.31. The molecule has 0 bridgehead atoms. The Labute approximate surface area is 116 Å². The van der Waals surface area contributed by atoms with Crippen LogP contribution in [0.25, 0.3) is 0 Å². The molecule has 2 aromatic rings. The number of anilines is 1. The van der Waals surface area contributed by atoms with Gasteiger partial charge < -0.3 is 5.32 Å². The summed E-state index contributed by atoms with van der Waals surface area (Å²) < 4.78 is 0. The maximum atomic E-state index is 11.4. The van der Waals surface area contributed by atoms with Crippen LogP contribution in [0.4, 0.5) is 5.69 Å². The van der Waals surface area contributed by atoms with Crippen LogP contribution in [0.2, 0.25) is 5.02 Å². The number of halogens is 1. The molecule has 2 heterocycles. The van der Waals surface area contributed by atoms with Crippen molar-refractivity contribution in [2.24, 2.45) is 0 Å². The second kappa shape index (κ2) is 5.02. The van der Waals surface area contributed by atoms with E-state index in [0.29, 0.717) is 12.8 Å². The molecule has 0 unspecified atom stereocenters. The third-order valence-electron chi connectivity index (χ3n) is 3.27. The molecule has 0 radical (unpaired) electrons. The molecular weight excluding hydrogens is 260 g/mol. The van der Waals surface area contributed by atoms with Gasteiger partial charge in [0.25, 0.3) is 0 Å². The first-order chi connectivity index (χ1) is 9.22. The van der Waals surface area contributed by atoms with Gasteiger partial charge >= 0.3 is 0 Å². The zero-order valence-electron chi connectivity index (χ0n) is 10.3. The lowest BCUT2D eigenvalue weighted by Crippen LogP contribution is -2.19. The fourth-order valence-electron chi connectivity index (χ4n) is 2.28. The number of aromatic nitrogens is 1. The summed E-state index contributed by atoms with van der Waals surface area (Å²) in [5.41, 5.74) is 3.94. The van der Waals surface area contributed by atoms with E-state index in [2.05, 4.69) is 10.3 Å². The van der Waals surface area contributed by atoms with E-state index in [1.807, 2.05) is 30.3 Å². The van der Waals surface area contributed by atoms with Crippen LogP contribution in [0.15, 0.2) is 36.5 Å². The van der Waals surface area contributed by atoms with E-state index in [9.17, 15) is 4.79 Å². The molecule has 3 rings (SSSR count). The lowest BCUT2D eigenvalue weighted by Gasteiger charge is -2.18. The second-order valence-corrected chi connectivity index (χ2v) is 5.05. The summed E-state index contributed by atoms with van der Waals surface area (Å²) in [5.74, 6) is 0.0682. The Morgan fingerprint density at radius 1 is 1.26 bits per heavy atom. The molecule has 0 atom stereocenters. The first-order valence-electron chi connectivity index (χ1n) is 6.23. The zero-order valence-corrected chi connectivity index (χ0v) is 11.1.